The van der Waals surface area contributed by atoms with E-state index in [2.05, 4.69) is 22.8 Å². The number of amides is 2. The molecule has 2 amide bonds. The van der Waals surface area contributed by atoms with Crippen molar-refractivity contribution in [2.75, 3.05) is 6.54 Å². The van der Waals surface area contributed by atoms with Crippen molar-refractivity contribution in [3.8, 4) is 11.8 Å². The second kappa shape index (κ2) is 9.29. The van der Waals surface area contributed by atoms with Crippen LogP contribution < -0.4 is 0 Å². The van der Waals surface area contributed by atoms with E-state index in [0.29, 0.717) is 17.0 Å². The van der Waals surface area contributed by atoms with Crippen LogP contribution in [-0.4, -0.2) is 27.2 Å². The summed E-state index contributed by atoms with van der Waals surface area (Å²) in [6.45, 7) is 4.40. The van der Waals surface area contributed by atoms with Gasteiger partial charge in [0.2, 0.25) is 0 Å². The second-order valence-electron chi connectivity index (χ2n) is 7.74. The van der Waals surface area contributed by atoms with Crippen LogP contribution in [0.1, 0.15) is 34.5 Å². The quantitative estimate of drug-likeness (QED) is 0.465. The number of hydrogen-bond acceptors (Lipinski definition) is 4. The molecule has 0 atom stereocenters. The summed E-state index contributed by atoms with van der Waals surface area (Å²) in [6.07, 6.45) is 3.38. The molecule has 2 heterocycles. The number of aromatic nitrogens is 1. The monoisotopic (exact) mass is 441 g/mol. The summed E-state index contributed by atoms with van der Waals surface area (Å²) in [5, 5.41) is 8.81. The number of nitrogens with zero attached hydrogens (tertiary/aromatic N) is 3. The zero-order chi connectivity index (χ0) is 22.7. The number of carbonyl (C=O) groups is 2. The molecular formula is C26H23N3O2S. The van der Waals surface area contributed by atoms with Crippen molar-refractivity contribution in [2.24, 2.45) is 0 Å². The van der Waals surface area contributed by atoms with E-state index in [1.54, 1.807) is 12.1 Å². The molecule has 1 aliphatic heterocycles. The number of benzene rings is 2. The largest absolute Gasteiger partial charge is 0.318 e. The van der Waals surface area contributed by atoms with Crippen LogP contribution in [0.25, 0.3) is 11.8 Å². The van der Waals surface area contributed by atoms with Gasteiger partial charge in [0.1, 0.15) is 0 Å². The van der Waals surface area contributed by atoms with Crippen molar-refractivity contribution in [1.29, 1.82) is 5.26 Å². The Kier molecular flexibility index (Phi) is 6.29. The first-order chi connectivity index (χ1) is 15.5. The molecule has 1 aliphatic rings. The molecule has 0 aliphatic carbocycles. The standard InChI is InChI=1S/C26H23N3O2S/c1-18-15-22(19(2)29(18)23-12-10-21(17-27)11-13-23)16-24-25(30)28(26(31)32-24)14-6-9-20-7-4-3-5-8-20/h3-5,7-8,10-13,15-16H,6,9,14H2,1-2H3/b24-16+. The van der Waals surface area contributed by atoms with Crippen molar-refractivity contribution in [1.82, 2.24) is 9.47 Å². The van der Waals surface area contributed by atoms with Gasteiger partial charge in [0, 0.05) is 23.6 Å². The number of aryl methyl sites for hydroxylation is 2. The maximum atomic E-state index is 12.9. The summed E-state index contributed by atoms with van der Waals surface area (Å²) in [5.74, 6) is -0.226. The predicted molar refractivity (Wildman–Crippen MR) is 127 cm³/mol. The van der Waals surface area contributed by atoms with Crippen LogP contribution in [0.3, 0.4) is 0 Å². The van der Waals surface area contributed by atoms with Crippen molar-refractivity contribution in [3.05, 3.63) is 93.6 Å². The fourth-order valence-electron chi connectivity index (χ4n) is 3.94. The van der Waals surface area contributed by atoms with E-state index in [4.69, 9.17) is 5.26 Å². The molecule has 1 saturated heterocycles. The fraction of sp³-hybridized carbons (Fsp3) is 0.192. The van der Waals surface area contributed by atoms with Crippen LogP contribution in [0.5, 0.6) is 0 Å². The number of imide groups is 1. The van der Waals surface area contributed by atoms with Gasteiger partial charge in [-0.15, -0.1) is 0 Å². The summed E-state index contributed by atoms with van der Waals surface area (Å²) in [6, 6.07) is 21.6. The molecule has 3 aromatic rings. The number of thioether (sulfide) groups is 1. The van der Waals surface area contributed by atoms with Gasteiger partial charge in [0.15, 0.2) is 0 Å². The molecule has 0 spiro atoms. The summed E-state index contributed by atoms with van der Waals surface area (Å²) in [7, 11) is 0. The third kappa shape index (κ3) is 4.39. The lowest BCUT2D eigenvalue weighted by Gasteiger charge is -2.12. The highest BCUT2D eigenvalue weighted by molar-refractivity contribution is 8.18. The Labute approximate surface area is 192 Å². The van der Waals surface area contributed by atoms with Crippen molar-refractivity contribution in [2.45, 2.75) is 26.7 Å². The van der Waals surface area contributed by atoms with Gasteiger partial charge in [-0.1, -0.05) is 30.3 Å². The minimum Gasteiger partial charge on any atom is -0.318 e. The molecule has 0 N–H and O–H groups in total. The number of hydrogen-bond donors (Lipinski definition) is 0. The molecule has 0 bridgehead atoms. The van der Waals surface area contributed by atoms with E-state index in [9.17, 15) is 9.59 Å². The molecule has 1 fully saturated rings. The Bertz CT molecular complexity index is 1230. The van der Waals surface area contributed by atoms with E-state index in [1.165, 1.54) is 10.5 Å². The smallest absolute Gasteiger partial charge is 0.293 e. The third-order valence-electron chi connectivity index (χ3n) is 5.58. The van der Waals surface area contributed by atoms with Crippen LogP contribution >= 0.6 is 11.8 Å². The van der Waals surface area contributed by atoms with Gasteiger partial charge < -0.3 is 4.57 Å². The Balaban J connectivity index is 1.51. The normalized spacial score (nSPS) is 14.9. The molecule has 2 aromatic carbocycles. The van der Waals surface area contributed by atoms with Crippen LogP contribution in [0.15, 0.2) is 65.6 Å². The minimum atomic E-state index is -0.226. The average Bonchev–Trinajstić information content (AvgIpc) is 3.23. The Morgan fingerprint density at radius 3 is 2.44 bits per heavy atom. The Morgan fingerprint density at radius 1 is 1.03 bits per heavy atom. The van der Waals surface area contributed by atoms with E-state index in [1.807, 2.05) is 56.3 Å². The second-order valence-corrected chi connectivity index (χ2v) is 8.74. The van der Waals surface area contributed by atoms with E-state index >= 15 is 0 Å². The van der Waals surface area contributed by atoms with Crippen LogP contribution in [-0.2, 0) is 11.2 Å². The summed E-state index contributed by atoms with van der Waals surface area (Å²) in [4.78, 5) is 27.1. The molecule has 160 valence electrons. The van der Waals surface area contributed by atoms with Crippen LogP contribution in [0.4, 0.5) is 4.79 Å². The molecule has 32 heavy (non-hydrogen) atoms. The zero-order valence-corrected chi connectivity index (χ0v) is 18.9. The molecule has 1 aromatic heterocycles. The van der Waals surface area contributed by atoms with Crippen molar-refractivity contribution >= 4 is 29.0 Å². The summed E-state index contributed by atoms with van der Waals surface area (Å²) < 4.78 is 2.08. The fourth-order valence-corrected chi connectivity index (χ4v) is 4.79. The van der Waals surface area contributed by atoms with Crippen molar-refractivity contribution in [3.63, 3.8) is 0 Å². The van der Waals surface area contributed by atoms with E-state index in [0.717, 1.165) is 47.2 Å². The highest BCUT2D eigenvalue weighted by atomic mass is 32.2. The summed E-state index contributed by atoms with van der Waals surface area (Å²) in [5.41, 5.74) is 5.65. The highest BCUT2D eigenvalue weighted by Crippen LogP contribution is 2.34. The predicted octanol–water partition coefficient (Wildman–Crippen LogP) is 5.63. The van der Waals surface area contributed by atoms with Gasteiger partial charge in [-0.2, -0.15) is 5.26 Å². The highest BCUT2D eigenvalue weighted by Gasteiger charge is 2.34. The average molecular weight is 442 g/mol. The Hall–Kier alpha value is -3.56. The molecule has 0 unspecified atom stereocenters. The zero-order valence-electron chi connectivity index (χ0n) is 18.0. The van der Waals surface area contributed by atoms with Gasteiger partial charge in [0.05, 0.1) is 16.5 Å². The first-order valence-corrected chi connectivity index (χ1v) is 11.3. The number of carbonyl (C=O) groups excluding carboxylic acids is 2. The maximum absolute atomic E-state index is 12.9. The maximum Gasteiger partial charge on any atom is 0.293 e. The van der Waals surface area contributed by atoms with E-state index < -0.39 is 0 Å². The Morgan fingerprint density at radius 2 is 1.75 bits per heavy atom. The number of rotatable bonds is 6. The van der Waals surface area contributed by atoms with Gasteiger partial charge in [-0.25, -0.2) is 0 Å². The summed E-state index contributed by atoms with van der Waals surface area (Å²) >= 11 is 1.00. The first-order valence-electron chi connectivity index (χ1n) is 10.5. The van der Waals surface area contributed by atoms with Gasteiger partial charge >= 0.3 is 0 Å². The van der Waals surface area contributed by atoms with Crippen LogP contribution in [0, 0.1) is 25.2 Å². The molecule has 4 rings (SSSR count). The topological polar surface area (TPSA) is 66.1 Å². The lowest BCUT2D eigenvalue weighted by atomic mass is 10.1. The lowest BCUT2D eigenvalue weighted by Crippen LogP contribution is -2.29. The third-order valence-corrected chi connectivity index (χ3v) is 6.48. The molecule has 0 saturated carbocycles. The minimum absolute atomic E-state index is 0.213. The molecule has 6 heteroatoms. The van der Waals surface area contributed by atoms with E-state index in [-0.39, 0.29) is 11.1 Å². The molecule has 5 nitrogen and oxygen atoms in total. The first kappa shape index (κ1) is 21.7. The van der Waals surface area contributed by atoms with Gasteiger partial charge in [0.25, 0.3) is 11.1 Å². The van der Waals surface area contributed by atoms with Gasteiger partial charge in [-0.3, -0.25) is 14.5 Å². The molecular weight excluding hydrogens is 418 g/mol. The van der Waals surface area contributed by atoms with Crippen LogP contribution in [0.2, 0.25) is 0 Å². The molecule has 0 radical (unpaired) electrons. The van der Waals surface area contributed by atoms with Crippen molar-refractivity contribution < 1.29 is 9.59 Å². The lowest BCUT2D eigenvalue weighted by molar-refractivity contribution is -0.122. The SMILES string of the molecule is Cc1cc(/C=C2/SC(=O)N(CCCc3ccccc3)C2=O)c(C)n1-c1ccc(C#N)cc1. The van der Waals surface area contributed by atoms with Gasteiger partial charge in [-0.05, 0) is 86.0 Å². The number of nitriles is 1.